The number of fused-ring (bicyclic) bond motifs is 3. The molecule has 6 rings (SSSR count). The van der Waals surface area contributed by atoms with Gasteiger partial charge < -0.3 is 29.7 Å². The number of aliphatic hydroxyl groups is 2. The van der Waals surface area contributed by atoms with Crippen molar-refractivity contribution in [1.82, 2.24) is 0 Å². The minimum Gasteiger partial charge on any atom is -0.462 e. The lowest BCUT2D eigenvalue weighted by atomic mass is 9.49. The molecule has 9 heteroatoms. The summed E-state index contributed by atoms with van der Waals surface area (Å²) in [7, 11) is 0. The third-order valence-electron chi connectivity index (χ3n) is 13.6. The van der Waals surface area contributed by atoms with Crippen LogP contribution in [0.5, 0.6) is 0 Å². The Kier molecular flexibility index (Phi) is 10.6. The van der Waals surface area contributed by atoms with E-state index in [1.54, 1.807) is 0 Å². The Morgan fingerprint density at radius 3 is 2.59 bits per heavy atom. The van der Waals surface area contributed by atoms with E-state index in [1.807, 2.05) is 19.9 Å². The van der Waals surface area contributed by atoms with Gasteiger partial charge in [-0.25, -0.2) is 4.79 Å². The Labute approximate surface area is 275 Å². The van der Waals surface area contributed by atoms with E-state index < -0.39 is 11.2 Å². The highest BCUT2D eigenvalue weighted by molar-refractivity contribution is 5.88. The van der Waals surface area contributed by atoms with E-state index in [2.05, 4.69) is 12.2 Å². The maximum absolute atomic E-state index is 13.6. The number of esters is 2. The molecule has 6 N–H and O–H groups in total. The van der Waals surface area contributed by atoms with Gasteiger partial charge in [-0.2, -0.15) is 0 Å². The van der Waals surface area contributed by atoms with E-state index in [0.29, 0.717) is 60.8 Å². The zero-order valence-corrected chi connectivity index (χ0v) is 28.5. The molecular weight excluding hydrogens is 584 g/mol. The van der Waals surface area contributed by atoms with E-state index in [0.717, 1.165) is 45.1 Å². The number of piperidine rings is 1. The zero-order chi connectivity index (χ0) is 32.6. The summed E-state index contributed by atoms with van der Waals surface area (Å²) >= 11 is 0. The molecule has 3 aliphatic carbocycles. The van der Waals surface area contributed by atoms with Crippen molar-refractivity contribution in [2.24, 2.45) is 53.1 Å². The highest BCUT2D eigenvalue weighted by Crippen LogP contribution is 2.64. The molecule has 0 bridgehead atoms. The fraction of sp³-hybridized carbons (Fsp3) is 0.892. The van der Waals surface area contributed by atoms with Gasteiger partial charge in [-0.05, 0) is 108 Å². The average Bonchev–Trinajstić information content (AvgIpc) is 3.42. The highest BCUT2D eigenvalue weighted by Gasteiger charge is 2.70. The number of carbonyl (C=O) groups is 2. The number of rotatable bonds is 9. The lowest BCUT2D eigenvalue weighted by molar-refractivity contribution is -0.704. The molecule has 6 fully saturated rings. The van der Waals surface area contributed by atoms with Gasteiger partial charge in [0.2, 0.25) is 0 Å². The third kappa shape index (κ3) is 6.45. The molecular formula is C37H61N2O7+. The second kappa shape index (κ2) is 14.1. The number of hydrogen-bond donors (Lipinski definition) is 4. The lowest BCUT2D eigenvalue weighted by Crippen LogP contribution is -2.96. The lowest BCUT2D eigenvalue weighted by Gasteiger charge is -2.61. The number of nitrogens with two attached hydrogens (primary N) is 2. The van der Waals surface area contributed by atoms with E-state index >= 15 is 0 Å². The number of ether oxygens (including phenoxy) is 3. The molecule has 9 unspecified atom stereocenters. The van der Waals surface area contributed by atoms with E-state index in [4.69, 9.17) is 19.9 Å². The predicted octanol–water partition coefficient (Wildman–Crippen LogP) is 3.60. The van der Waals surface area contributed by atoms with Gasteiger partial charge in [-0.3, -0.25) is 10.5 Å². The van der Waals surface area contributed by atoms with Crippen molar-refractivity contribution in [2.45, 2.75) is 140 Å². The first-order valence-electron chi connectivity index (χ1n) is 18.7. The summed E-state index contributed by atoms with van der Waals surface area (Å²) in [6, 6.07) is 0. The van der Waals surface area contributed by atoms with Crippen LogP contribution in [0.25, 0.3) is 0 Å². The van der Waals surface area contributed by atoms with Gasteiger partial charge in [0.25, 0.3) is 0 Å². The van der Waals surface area contributed by atoms with Gasteiger partial charge in [0.1, 0.15) is 23.5 Å². The number of carbonyl (C=O) groups excluding carboxylic acids is 2. The molecule has 6 aliphatic rings. The van der Waals surface area contributed by atoms with Crippen molar-refractivity contribution in [3.63, 3.8) is 0 Å². The summed E-state index contributed by atoms with van der Waals surface area (Å²) in [5.41, 5.74) is 5.68. The van der Waals surface area contributed by atoms with Crippen molar-refractivity contribution < 1.29 is 39.3 Å². The first-order chi connectivity index (χ1) is 22.1. The van der Waals surface area contributed by atoms with E-state index in [9.17, 15) is 19.8 Å². The van der Waals surface area contributed by atoms with E-state index in [1.165, 1.54) is 25.7 Å². The molecule has 0 amide bonds. The average molecular weight is 646 g/mol. The van der Waals surface area contributed by atoms with Crippen LogP contribution in [0, 0.1) is 47.3 Å². The fourth-order valence-electron chi connectivity index (χ4n) is 11.2. The standard InChI is InChI=1S/C37H60N2O7/c1-4-22(2)34(42)46-36(3)18-24-9-5-6-10-29(24)33(25-11-12-32(38)39-20-25)37(36)19-28-16-26-15-27(14-23(21-41)8-7-13-40)35(43)44-30(26)17-31(28)45-37/h4,23-33,39-41H,5-21,38H2,1-3H3/p+1/t23-,24?,25?,26?,27?,28?,29?,30?,31?,32?,33+,36-,37+/m1/s1. The number of allylic oxidation sites excluding steroid dienone is 1. The summed E-state index contributed by atoms with van der Waals surface area (Å²) in [5.74, 6) is 1.79. The Morgan fingerprint density at radius 2 is 1.87 bits per heavy atom. The molecule has 3 heterocycles. The summed E-state index contributed by atoms with van der Waals surface area (Å²) in [4.78, 5) is 26.8. The molecule has 13 atom stereocenters. The molecule has 9 nitrogen and oxygen atoms in total. The van der Waals surface area contributed by atoms with Crippen molar-refractivity contribution >= 4 is 11.9 Å². The fourth-order valence-corrected chi connectivity index (χ4v) is 11.2. The van der Waals surface area contributed by atoms with Crippen LogP contribution < -0.4 is 11.1 Å². The molecule has 260 valence electrons. The van der Waals surface area contributed by atoms with Gasteiger partial charge in [-0.1, -0.05) is 25.3 Å². The maximum atomic E-state index is 13.6. The molecule has 0 aromatic carbocycles. The van der Waals surface area contributed by atoms with Gasteiger partial charge in [0.15, 0.2) is 0 Å². The second-order valence-electron chi connectivity index (χ2n) is 16.3. The van der Waals surface area contributed by atoms with Gasteiger partial charge in [-0.15, -0.1) is 0 Å². The number of hydrogen-bond acceptors (Lipinski definition) is 8. The summed E-state index contributed by atoms with van der Waals surface area (Å²) < 4.78 is 20.4. The summed E-state index contributed by atoms with van der Waals surface area (Å²) in [5, 5.41) is 21.6. The molecule has 0 aromatic rings. The summed E-state index contributed by atoms with van der Waals surface area (Å²) in [6.07, 6.45) is 14.9. The minimum atomic E-state index is -0.750. The normalized spacial score (nSPS) is 44.9. The van der Waals surface area contributed by atoms with E-state index in [-0.39, 0.29) is 61.3 Å². The van der Waals surface area contributed by atoms with Crippen LogP contribution in [0.3, 0.4) is 0 Å². The second-order valence-corrected chi connectivity index (χ2v) is 16.3. The molecule has 3 saturated carbocycles. The Bertz CT molecular complexity index is 1120. The van der Waals surface area contributed by atoms with Crippen molar-refractivity contribution in [3.8, 4) is 0 Å². The Balaban J connectivity index is 1.30. The highest BCUT2D eigenvalue weighted by atomic mass is 16.6. The summed E-state index contributed by atoms with van der Waals surface area (Å²) in [6.45, 7) is 7.03. The molecule has 3 aliphatic heterocycles. The van der Waals surface area contributed by atoms with Crippen LogP contribution in [-0.4, -0.2) is 71.5 Å². The topological polar surface area (TPSA) is 145 Å². The van der Waals surface area contributed by atoms with Crippen LogP contribution >= 0.6 is 0 Å². The third-order valence-corrected chi connectivity index (χ3v) is 13.6. The van der Waals surface area contributed by atoms with Gasteiger partial charge in [0.05, 0.1) is 18.6 Å². The van der Waals surface area contributed by atoms with Crippen LogP contribution in [0.2, 0.25) is 0 Å². The van der Waals surface area contributed by atoms with Crippen LogP contribution in [0.1, 0.15) is 111 Å². The quantitative estimate of drug-likeness (QED) is 0.220. The largest absolute Gasteiger partial charge is 0.462 e. The first-order valence-corrected chi connectivity index (χ1v) is 18.7. The number of quaternary nitrogens is 1. The maximum Gasteiger partial charge on any atom is 0.334 e. The van der Waals surface area contributed by atoms with Crippen molar-refractivity contribution in [2.75, 3.05) is 19.8 Å². The van der Waals surface area contributed by atoms with Gasteiger partial charge in [0, 0.05) is 43.5 Å². The molecule has 0 radical (unpaired) electrons. The number of aliphatic hydroxyl groups excluding tert-OH is 2. The van der Waals surface area contributed by atoms with Gasteiger partial charge >= 0.3 is 11.9 Å². The zero-order valence-electron chi connectivity index (χ0n) is 28.5. The monoisotopic (exact) mass is 645 g/mol. The molecule has 0 aromatic heterocycles. The Hall–Kier alpha value is -1.52. The predicted molar refractivity (Wildman–Crippen MR) is 173 cm³/mol. The Morgan fingerprint density at radius 1 is 1.07 bits per heavy atom. The molecule has 1 spiro atoms. The van der Waals surface area contributed by atoms with Crippen molar-refractivity contribution in [3.05, 3.63) is 11.6 Å². The van der Waals surface area contributed by atoms with Crippen molar-refractivity contribution in [1.29, 1.82) is 0 Å². The SMILES string of the molecule is CC=C(C)C(=O)O[C@]1(C)CC2CCCCC2[C@H](C2CCC(N)[NH2+]C2)[C@@]12CC1CC3CC(C[C@H](CO)CCCO)C(=O)OC3CC1O2. The van der Waals surface area contributed by atoms with Crippen LogP contribution in [0.15, 0.2) is 11.6 Å². The minimum absolute atomic E-state index is 0.00135. The molecule has 46 heavy (non-hydrogen) atoms. The molecule has 3 saturated heterocycles. The first kappa shape index (κ1) is 34.3. The van der Waals surface area contributed by atoms with Crippen LogP contribution in [-0.2, 0) is 23.8 Å². The smallest absolute Gasteiger partial charge is 0.334 e. The van der Waals surface area contributed by atoms with Crippen LogP contribution in [0.4, 0.5) is 0 Å².